The van der Waals surface area contributed by atoms with Crippen LogP contribution in [-0.4, -0.2) is 14.9 Å². The number of fused-ring (bicyclic) bond motifs is 1. The van der Waals surface area contributed by atoms with Crippen molar-refractivity contribution in [2.45, 2.75) is 6.92 Å². The molecule has 0 unspecified atom stereocenters. The van der Waals surface area contributed by atoms with Crippen LogP contribution in [0.4, 0.5) is 5.69 Å². The number of H-pyrrole nitrogens is 1. The van der Waals surface area contributed by atoms with Crippen molar-refractivity contribution in [3.05, 3.63) is 34.1 Å². The smallest absolute Gasteiger partial charge is 0.296 e. The Kier molecular flexibility index (Phi) is 1.51. The van der Waals surface area contributed by atoms with Gasteiger partial charge in [0, 0.05) is 6.20 Å². The van der Waals surface area contributed by atoms with Crippen molar-refractivity contribution in [3.63, 3.8) is 0 Å². The summed E-state index contributed by atoms with van der Waals surface area (Å²) in [5, 5.41) is 11.1. The van der Waals surface area contributed by atoms with E-state index in [1.807, 2.05) is 6.92 Å². The first-order chi connectivity index (χ1) is 6.18. The molecule has 13 heavy (non-hydrogen) atoms. The Morgan fingerprint density at radius 1 is 1.62 bits per heavy atom. The van der Waals surface area contributed by atoms with E-state index >= 15 is 0 Å². The Labute approximate surface area is 73.6 Å². The molecule has 0 aromatic carbocycles. The van der Waals surface area contributed by atoms with Crippen molar-refractivity contribution in [3.8, 4) is 0 Å². The molecule has 1 N–H and O–H groups in total. The largest absolute Gasteiger partial charge is 0.340 e. The van der Waals surface area contributed by atoms with Crippen LogP contribution in [-0.2, 0) is 0 Å². The maximum atomic E-state index is 10.5. The van der Waals surface area contributed by atoms with Crippen LogP contribution in [0.1, 0.15) is 5.56 Å². The normalized spacial score (nSPS) is 10.5. The zero-order valence-electron chi connectivity index (χ0n) is 6.94. The van der Waals surface area contributed by atoms with E-state index in [2.05, 4.69) is 9.97 Å². The molecule has 0 aliphatic rings. The molecule has 2 aromatic heterocycles. The molecule has 0 saturated carbocycles. The molecule has 5 heteroatoms. The molecule has 2 rings (SSSR count). The van der Waals surface area contributed by atoms with Gasteiger partial charge in [0.25, 0.3) is 5.69 Å². The van der Waals surface area contributed by atoms with Crippen LogP contribution >= 0.6 is 0 Å². The van der Waals surface area contributed by atoms with Crippen molar-refractivity contribution >= 4 is 16.7 Å². The average molecular weight is 177 g/mol. The Morgan fingerprint density at radius 3 is 3.08 bits per heavy atom. The summed E-state index contributed by atoms with van der Waals surface area (Å²) in [5.41, 5.74) is 1.54. The predicted octanol–water partition coefficient (Wildman–Crippen LogP) is 1.78. The van der Waals surface area contributed by atoms with Gasteiger partial charge in [-0.1, -0.05) is 0 Å². The molecule has 0 saturated heterocycles. The lowest BCUT2D eigenvalue weighted by Gasteiger charge is -1.91. The molecule has 0 bridgehead atoms. The summed E-state index contributed by atoms with van der Waals surface area (Å²) in [6.07, 6.45) is 3.03. The van der Waals surface area contributed by atoms with Gasteiger partial charge < -0.3 is 4.98 Å². The highest BCUT2D eigenvalue weighted by atomic mass is 16.6. The number of hydrogen-bond acceptors (Lipinski definition) is 3. The monoisotopic (exact) mass is 177 g/mol. The number of rotatable bonds is 1. The maximum absolute atomic E-state index is 10.5. The number of aryl methyl sites for hydroxylation is 1. The van der Waals surface area contributed by atoms with Crippen LogP contribution in [0.15, 0.2) is 18.5 Å². The SMILES string of the molecule is Cc1cnc2[nH]cc([N+](=O)[O-])c2c1. The first-order valence-electron chi connectivity index (χ1n) is 3.76. The summed E-state index contributed by atoms with van der Waals surface area (Å²) >= 11 is 0. The van der Waals surface area contributed by atoms with Crippen LogP contribution in [0.2, 0.25) is 0 Å². The molecule has 0 aliphatic carbocycles. The van der Waals surface area contributed by atoms with Crippen LogP contribution in [0.25, 0.3) is 11.0 Å². The van der Waals surface area contributed by atoms with Crippen LogP contribution < -0.4 is 0 Å². The Bertz CT molecular complexity index is 475. The van der Waals surface area contributed by atoms with Gasteiger partial charge in [-0.2, -0.15) is 0 Å². The fraction of sp³-hybridized carbons (Fsp3) is 0.125. The Hall–Kier alpha value is -1.91. The molecule has 0 radical (unpaired) electrons. The van der Waals surface area contributed by atoms with Gasteiger partial charge in [0.05, 0.1) is 16.5 Å². The number of hydrogen-bond donors (Lipinski definition) is 1. The minimum Gasteiger partial charge on any atom is -0.340 e. The Morgan fingerprint density at radius 2 is 2.38 bits per heavy atom. The highest BCUT2D eigenvalue weighted by Gasteiger charge is 2.13. The molecule has 0 fully saturated rings. The number of nitrogens with zero attached hydrogens (tertiary/aromatic N) is 2. The number of nitro groups is 1. The van der Waals surface area contributed by atoms with Gasteiger partial charge in [-0.05, 0) is 18.6 Å². The van der Waals surface area contributed by atoms with Gasteiger partial charge in [0.1, 0.15) is 5.65 Å². The second-order valence-electron chi connectivity index (χ2n) is 2.84. The summed E-state index contributed by atoms with van der Waals surface area (Å²) in [4.78, 5) is 16.9. The van der Waals surface area contributed by atoms with Crippen molar-refractivity contribution < 1.29 is 4.92 Å². The van der Waals surface area contributed by atoms with Crippen molar-refractivity contribution in [1.82, 2.24) is 9.97 Å². The molecule has 2 aromatic rings. The fourth-order valence-corrected chi connectivity index (χ4v) is 1.25. The van der Waals surface area contributed by atoms with E-state index in [9.17, 15) is 10.1 Å². The number of pyridine rings is 1. The lowest BCUT2D eigenvalue weighted by molar-refractivity contribution is -0.383. The van der Waals surface area contributed by atoms with Crippen molar-refractivity contribution in [2.24, 2.45) is 0 Å². The molecule has 0 aliphatic heterocycles. The second kappa shape index (κ2) is 2.55. The van der Waals surface area contributed by atoms with Gasteiger partial charge in [-0.3, -0.25) is 10.1 Å². The third kappa shape index (κ3) is 1.14. The van der Waals surface area contributed by atoms with E-state index < -0.39 is 4.92 Å². The van der Waals surface area contributed by atoms with E-state index in [-0.39, 0.29) is 5.69 Å². The van der Waals surface area contributed by atoms with Gasteiger partial charge in [-0.15, -0.1) is 0 Å². The number of nitrogens with one attached hydrogen (secondary N) is 1. The second-order valence-corrected chi connectivity index (χ2v) is 2.84. The van der Waals surface area contributed by atoms with Crippen LogP contribution in [0, 0.1) is 17.0 Å². The lowest BCUT2D eigenvalue weighted by Crippen LogP contribution is -1.85. The highest BCUT2D eigenvalue weighted by molar-refractivity contribution is 5.86. The maximum Gasteiger partial charge on any atom is 0.296 e. The molecule has 5 nitrogen and oxygen atoms in total. The third-order valence-electron chi connectivity index (χ3n) is 1.84. The minimum atomic E-state index is -0.417. The van der Waals surface area contributed by atoms with Crippen LogP contribution in [0.5, 0.6) is 0 Å². The van der Waals surface area contributed by atoms with Crippen molar-refractivity contribution in [1.29, 1.82) is 0 Å². The van der Waals surface area contributed by atoms with E-state index in [4.69, 9.17) is 0 Å². The standard InChI is InChI=1S/C8H7N3O2/c1-5-2-6-7(11(12)13)4-10-8(6)9-3-5/h2-4H,1H3,(H,9,10). The summed E-state index contributed by atoms with van der Waals surface area (Å²) < 4.78 is 0. The lowest BCUT2D eigenvalue weighted by atomic mass is 10.2. The quantitative estimate of drug-likeness (QED) is 0.533. The summed E-state index contributed by atoms with van der Waals surface area (Å²) in [5.74, 6) is 0. The topological polar surface area (TPSA) is 71.8 Å². The molecule has 0 amide bonds. The van der Waals surface area contributed by atoms with Crippen LogP contribution in [0.3, 0.4) is 0 Å². The van der Waals surface area contributed by atoms with Gasteiger partial charge in [0.2, 0.25) is 0 Å². The average Bonchev–Trinajstić information content (AvgIpc) is 2.46. The highest BCUT2D eigenvalue weighted by Crippen LogP contribution is 2.23. The number of aromatic amines is 1. The summed E-state index contributed by atoms with van der Waals surface area (Å²) in [7, 11) is 0. The zero-order chi connectivity index (χ0) is 9.42. The molecular weight excluding hydrogens is 170 g/mol. The molecule has 66 valence electrons. The number of aromatic nitrogens is 2. The third-order valence-corrected chi connectivity index (χ3v) is 1.84. The predicted molar refractivity (Wildman–Crippen MR) is 47.5 cm³/mol. The van der Waals surface area contributed by atoms with E-state index in [0.717, 1.165) is 5.56 Å². The molecule has 0 atom stereocenters. The molecular formula is C8H7N3O2. The zero-order valence-corrected chi connectivity index (χ0v) is 6.94. The van der Waals surface area contributed by atoms with E-state index in [0.29, 0.717) is 11.0 Å². The molecule has 0 spiro atoms. The first kappa shape index (κ1) is 7.72. The molecule has 2 heterocycles. The summed E-state index contributed by atoms with van der Waals surface area (Å²) in [6.45, 7) is 1.85. The Balaban J connectivity index is 2.79. The summed E-state index contributed by atoms with van der Waals surface area (Å²) in [6, 6.07) is 1.75. The van der Waals surface area contributed by atoms with Gasteiger partial charge in [-0.25, -0.2) is 4.98 Å². The van der Waals surface area contributed by atoms with E-state index in [1.165, 1.54) is 6.20 Å². The minimum absolute atomic E-state index is 0.0752. The van der Waals surface area contributed by atoms with Crippen molar-refractivity contribution in [2.75, 3.05) is 0 Å². The van der Waals surface area contributed by atoms with Gasteiger partial charge >= 0.3 is 0 Å². The van der Waals surface area contributed by atoms with E-state index in [1.54, 1.807) is 12.3 Å². The first-order valence-corrected chi connectivity index (χ1v) is 3.76. The van der Waals surface area contributed by atoms with Gasteiger partial charge in [0.15, 0.2) is 0 Å². The fourth-order valence-electron chi connectivity index (χ4n) is 1.25.